The first-order chi connectivity index (χ1) is 7.81. The van der Waals surface area contributed by atoms with Gasteiger partial charge >= 0.3 is 0 Å². The molecule has 0 radical (unpaired) electrons. The lowest BCUT2D eigenvalue weighted by atomic mass is 9.72. The van der Waals surface area contributed by atoms with Crippen LogP contribution in [0, 0.1) is 23.3 Å². The highest BCUT2D eigenvalue weighted by Gasteiger charge is 2.46. The van der Waals surface area contributed by atoms with Crippen molar-refractivity contribution in [1.29, 1.82) is 5.26 Å². The van der Waals surface area contributed by atoms with Gasteiger partial charge in [0, 0.05) is 25.9 Å². The molecule has 0 amide bonds. The van der Waals surface area contributed by atoms with E-state index in [2.05, 4.69) is 6.19 Å². The quantitative estimate of drug-likeness (QED) is 0.580. The molecule has 0 bridgehead atoms. The van der Waals surface area contributed by atoms with Crippen LogP contribution in [-0.2, 0) is 9.47 Å². The molecule has 2 saturated heterocycles. The predicted octanol–water partition coefficient (Wildman–Crippen LogP) is 1.33. The summed E-state index contributed by atoms with van der Waals surface area (Å²) in [6.07, 6.45) is 6.57. The van der Waals surface area contributed by atoms with Crippen molar-refractivity contribution in [2.45, 2.75) is 31.5 Å². The SMILES string of the molecule is N#CN1CC[C@@H]2CC3(CCC2C1)OCCO3. The number of hydrogen-bond acceptors (Lipinski definition) is 4. The largest absolute Gasteiger partial charge is 0.348 e. The zero-order valence-electron chi connectivity index (χ0n) is 9.52. The molecule has 0 aromatic rings. The van der Waals surface area contributed by atoms with Crippen LogP contribution >= 0.6 is 0 Å². The number of likely N-dealkylation sites (tertiary alicyclic amines) is 1. The van der Waals surface area contributed by atoms with Gasteiger partial charge in [0.1, 0.15) is 0 Å². The Kier molecular flexibility index (Phi) is 2.53. The fraction of sp³-hybridized carbons (Fsp3) is 0.917. The lowest BCUT2D eigenvalue weighted by molar-refractivity contribution is -0.199. The van der Waals surface area contributed by atoms with E-state index in [1.165, 1.54) is 0 Å². The number of ether oxygens (including phenoxy) is 2. The normalized spacial score (nSPS) is 37.1. The van der Waals surface area contributed by atoms with Gasteiger partial charge in [0.05, 0.1) is 13.2 Å². The van der Waals surface area contributed by atoms with Crippen LogP contribution in [0.3, 0.4) is 0 Å². The molecule has 0 aromatic heterocycles. The third-order valence-electron chi connectivity index (χ3n) is 4.32. The van der Waals surface area contributed by atoms with E-state index in [1.807, 2.05) is 4.90 Å². The second-order valence-corrected chi connectivity index (χ2v) is 5.21. The summed E-state index contributed by atoms with van der Waals surface area (Å²) in [4.78, 5) is 1.90. The van der Waals surface area contributed by atoms with Crippen LogP contribution < -0.4 is 0 Å². The Balaban J connectivity index is 1.66. The van der Waals surface area contributed by atoms with Crippen LogP contribution in [0.5, 0.6) is 0 Å². The molecule has 2 heterocycles. The van der Waals surface area contributed by atoms with Crippen LogP contribution in [0.4, 0.5) is 0 Å². The predicted molar refractivity (Wildman–Crippen MR) is 57.3 cm³/mol. The number of nitriles is 1. The molecule has 0 aromatic carbocycles. The van der Waals surface area contributed by atoms with E-state index in [-0.39, 0.29) is 5.79 Å². The summed E-state index contributed by atoms with van der Waals surface area (Å²) in [6, 6.07) is 0. The third-order valence-corrected chi connectivity index (χ3v) is 4.32. The van der Waals surface area contributed by atoms with Gasteiger partial charge in [0.25, 0.3) is 0 Å². The number of rotatable bonds is 0. The van der Waals surface area contributed by atoms with E-state index in [0.717, 1.165) is 52.0 Å². The highest BCUT2D eigenvalue weighted by atomic mass is 16.7. The van der Waals surface area contributed by atoms with Crippen molar-refractivity contribution in [1.82, 2.24) is 4.90 Å². The van der Waals surface area contributed by atoms with Crippen molar-refractivity contribution in [2.75, 3.05) is 26.3 Å². The lowest BCUT2D eigenvalue weighted by Gasteiger charge is -2.45. The van der Waals surface area contributed by atoms with Gasteiger partial charge in [-0.25, -0.2) is 0 Å². The van der Waals surface area contributed by atoms with Crippen LogP contribution in [-0.4, -0.2) is 37.0 Å². The van der Waals surface area contributed by atoms with Crippen molar-refractivity contribution < 1.29 is 9.47 Å². The Morgan fingerprint density at radius 1 is 1.19 bits per heavy atom. The van der Waals surface area contributed by atoms with E-state index in [4.69, 9.17) is 14.7 Å². The highest BCUT2D eigenvalue weighted by molar-refractivity contribution is 4.94. The van der Waals surface area contributed by atoms with E-state index < -0.39 is 0 Å². The molecule has 4 heteroatoms. The summed E-state index contributed by atoms with van der Waals surface area (Å²) >= 11 is 0. The summed E-state index contributed by atoms with van der Waals surface area (Å²) in [5.41, 5.74) is 0. The molecule has 16 heavy (non-hydrogen) atoms. The van der Waals surface area contributed by atoms with Gasteiger partial charge < -0.3 is 14.4 Å². The maximum Gasteiger partial charge on any atom is 0.179 e. The Morgan fingerprint density at radius 3 is 2.75 bits per heavy atom. The number of hydrogen-bond donors (Lipinski definition) is 0. The third kappa shape index (κ3) is 1.68. The van der Waals surface area contributed by atoms with Gasteiger partial charge in [0.2, 0.25) is 0 Å². The lowest BCUT2D eigenvalue weighted by Crippen LogP contribution is -2.47. The molecule has 88 valence electrons. The molecule has 0 N–H and O–H groups in total. The Bertz CT molecular complexity index is 307. The molecule has 2 aliphatic heterocycles. The molecular weight excluding hydrogens is 204 g/mol. The van der Waals surface area contributed by atoms with Crippen LogP contribution in [0.15, 0.2) is 0 Å². The fourth-order valence-electron chi connectivity index (χ4n) is 3.43. The molecule has 3 aliphatic rings. The van der Waals surface area contributed by atoms with Gasteiger partial charge in [-0.3, -0.25) is 0 Å². The topological polar surface area (TPSA) is 45.5 Å². The summed E-state index contributed by atoms with van der Waals surface area (Å²) in [6.45, 7) is 3.36. The van der Waals surface area contributed by atoms with E-state index in [1.54, 1.807) is 0 Å². The molecule has 2 atom stereocenters. The van der Waals surface area contributed by atoms with E-state index >= 15 is 0 Å². The summed E-state index contributed by atoms with van der Waals surface area (Å²) in [5.74, 6) is 1.11. The molecule has 4 nitrogen and oxygen atoms in total. The Hall–Kier alpha value is -0.790. The molecule has 3 fully saturated rings. The monoisotopic (exact) mass is 222 g/mol. The number of nitrogens with zero attached hydrogens (tertiary/aromatic N) is 2. The number of fused-ring (bicyclic) bond motifs is 1. The van der Waals surface area contributed by atoms with Crippen molar-refractivity contribution in [3.63, 3.8) is 0 Å². The molecule has 1 spiro atoms. The average Bonchev–Trinajstić information content (AvgIpc) is 2.77. The van der Waals surface area contributed by atoms with Gasteiger partial charge in [-0.2, -0.15) is 5.26 Å². The van der Waals surface area contributed by atoms with E-state index in [9.17, 15) is 0 Å². The molecule has 1 saturated carbocycles. The average molecular weight is 222 g/mol. The second-order valence-electron chi connectivity index (χ2n) is 5.21. The zero-order chi connectivity index (χ0) is 11.0. The van der Waals surface area contributed by atoms with Crippen molar-refractivity contribution >= 4 is 0 Å². The zero-order valence-corrected chi connectivity index (χ0v) is 9.52. The first-order valence-corrected chi connectivity index (χ1v) is 6.24. The maximum absolute atomic E-state index is 8.91. The minimum absolute atomic E-state index is 0.254. The summed E-state index contributed by atoms with van der Waals surface area (Å²) < 4.78 is 11.6. The first-order valence-electron chi connectivity index (χ1n) is 6.24. The summed E-state index contributed by atoms with van der Waals surface area (Å²) in [5, 5.41) is 8.91. The number of piperidine rings is 1. The molecule has 3 rings (SSSR count). The van der Waals surface area contributed by atoms with Crippen molar-refractivity contribution in [3.05, 3.63) is 0 Å². The summed E-state index contributed by atoms with van der Waals surface area (Å²) in [7, 11) is 0. The van der Waals surface area contributed by atoms with Crippen LogP contribution in [0.2, 0.25) is 0 Å². The minimum Gasteiger partial charge on any atom is -0.348 e. The van der Waals surface area contributed by atoms with E-state index in [0.29, 0.717) is 11.8 Å². The van der Waals surface area contributed by atoms with Gasteiger partial charge in [-0.05, 0) is 24.7 Å². The Labute approximate surface area is 96.1 Å². The minimum atomic E-state index is -0.254. The van der Waals surface area contributed by atoms with Crippen molar-refractivity contribution in [2.24, 2.45) is 11.8 Å². The van der Waals surface area contributed by atoms with Crippen molar-refractivity contribution in [3.8, 4) is 6.19 Å². The van der Waals surface area contributed by atoms with Crippen LogP contribution in [0.1, 0.15) is 25.7 Å². The first kappa shape index (κ1) is 10.4. The standard InChI is InChI=1S/C12H18N2O2/c13-9-14-4-2-10-7-12(15-5-6-16-12)3-1-11(10)8-14/h10-11H,1-8H2/t10-,11?/m1/s1. The smallest absolute Gasteiger partial charge is 0.179 e. The van der Waals surface area contributed by atoms with Gasteiger partial charge in [-0.15, -0.1) is 0 Å². The molecule has 1 unspecified atom stereocenters. The van der Waals surface area contributed by atoms with Gasteiger partial charge in [0.15, 0.2) is 12.0 Å². The second kappa shape index (κ2) is 3.90. The van der Waals surface area contributed by atoms with Gasteiger partial charge in [-0.1, -0.05) is 0 Å². The Morgan fingerprint density at radius 2 is 2.00 bits per heavy atom. The maximum atomic E-state index is 8.91. The fourth-order valence-corrected chi connectivity index (χ4v) is 3.43. The molecular formula is C12H18N2O2. The highest BCUT2D eigenvalue weighted by Crippen LogP contribution is 2.44. The van der Waals surface area contributed by atoms with Crippen LogP contribution in [0.25, 0.3) is 0 Å². The molecule has 1 aliphatic carbocycles.